The molecule has 22 heavy (non-hydrogen) atoms. The molecule has 0 aliphatic carbocycles. The predicted octanol–water partition coefficient (Wildman–Crippen LogP) is 2.35. The van der Waals surface area contributed by atoms with Crippen molar-refractivity contribution >= 4 is 43.1 Å². The Kier molecular flexibility index (Phi) is 3.63. The fourth-order valence-electron chi connectivity index (χ4n) is 2.04. The molecule has 2 heterocycles. The Hall–Kier alpha value is -2.32. The van der Waals surface area contributed by atoms with Crippen molar-refractivity contribution in [2.45, 2.75) is 4.90 Å². The summed E-state index contributed by atoms with van der Waals surface area (Å²) in [5.74, 6) is -0.160. The summed E-state index contributed by atoms with van der Waals surface area (Å²) in [7, 11) is -3.49. The first-order chi connectivity index (χ1) is 10.5. The van der Waals surface area contributed by atoms with Crippen LogP contribution in [0, 0.1) is 0 Å². The molecule has 0 spiro atoms. The number of aromatic nitrogens is 2. The number of carbonyl (C=O) groups is 1. The van der Waals surface area contributed by atoms with Crippen molar-refractivity contribution in [2.24, 2.45) is 0 Å². The van der Waals surface area contributed by atoms with E-state index < -0.39 is 15.7 Å². The molecule has 3 aromatic rings. The molecule has 0 atom stereocenters. The summed E-state index contributed by atoms with van der Waals surface area (Å²) in [6.07, 6.45) is 2.43. The van der Waals surface area contributed by atoms with E-state index in [0.717, 1.165) is 16.5 Å². The number of nitrogens with one attached hydrogen (secondary N) is 1. The number of nitrogens with zero attached hydrogens (tertiary/aromatic N) is 2. The van der Waals surface area contributed by atoms with Gasteiger partial charge in [0, 0.05) is 6.26 Å². The fourth-order valence-corrected chi connectivity index (χ4v) is 3.66. The molecule has 112 valence electrons. The van der Waals surface area contributed by atoms with Gasteiger partial charge in [0.05, 0.1) is 15.8 Å². The Bertz CT molecular complexity index is 964. The maximum atomic E-state index is 12.4. The first kappa shape index (κ1) is 14.6. The highest BCUT2D eigenvalue weighted by molar-refractivity contribution is 7.90. The maximum absolute atomic E-state index is 12.4. The molecule has 0 bridgehead atoms. The van der Waals surface area contributed by atoms with Crippen LogP contribution in [0.15, 0.2) is 46.9 Å². The Balaban J connectivity index is 2.01. The minimum atomic E-state index is -3.49. The Labute approximate surface area is 130 Å². The summed E-state index contributed by atoms with van der Waals surface area (Å²) in [4.78, 5) is 21.3. The molecular weight excluding hydrogens is 322 g/mol. The molecule has 0 saturated carbocycles. The van der Waals surface area contributed by atoms with Crippen LogP contribution in [0.1, 0.15) is 10.4 Å². The Morgan fingerprint density at radius 2 is 1.95 bits per heavy atom. The first-order valence-corrected chi connectivity index (χ1v) is 9.02. The molecule has 1 amide bonds. The van der Waals surface area contributed by atoms with E-state index in [9.17, 15) is 13.2 Å². The summed E-state index contributed by atoms with van der Waals surface area (Å²) >= 11 is 1.43. The largest absolute Gasteiger partial charge is 0.306 e. The summed E-state index contributed by atoms with van der Waals surface area (Å²) in [5.41, 5.74) is 0.0898. The highest BCUT2D eigenvalue weighted by Gasteiger charge is 2.19. The fraction of sp³-hybridized carbons (Fsp3) is 0.0714. The van der Waals surface area contributed by atoms with Crippen LogP contribution in [0.3, 0.4) is 0 Å². The Morgan fingerprint density at radius 3 is 2.73 bits per heavy atom. The van der Waals surface area contributed by atoms with Crippen LogP contribution < -0.4 is 5.32 Å². The average molecular weight is 333 g/mol. The van der Waals surface area contributed by atoms with Gasteiger partial charge in [0.1, 0.15) is 17.0 Å². The molecule has 2 aromatic heterocycles. The molecule has 1 N–H and O–H groups in total. The van der Waals surface area contributed by atoms with Gasteiger partial charge in [-0.25, -0.2) is 18.4 Å². The average Bonchev–Trinajstić information content (AvgIpc) is 2.96. The van der Waals surface area contributed by atoms with Gasteiger partial charge in [-0.3, -0.25) is 4.79 Å². The number of carbonyl (C=O) groups excluding carboxylic acids is 1. The number of amides is 1. The van der Waals surface area contributed by atoms with Crippen LogP contribution in [0.4, 0.5) is 5.82 Å². The van der Waals surface area contributed by atoms with E-state index in [1.54, 1.807) is 18.2 Å². The maximum Gasteiger partial charge on any atom is 0.258 e. The molecule has 8 heteroatoms. The van der Waals surface area contributed by atoms with Crippen molar-refractivity contribution in [1.82, 2.24) is 9.97 Å². The number of thiophene rings is 1. The lowest BCUT2D eigenvalue weighted by Crippen LogP contribution is -2.16. The molecule has 0 saturated heterocycles. The summed E-state index contributed by atoms with van der Waals surface area (Å²) in [6, 6.07) is 7.87. The summed E-state index contributed by atoms with van der Waals surface area (Å²) in [6.45, 7) is 0. The van der Waals surface area contributed by atoms with E-state index in [0.29, 0.717) is 5.82 Å². The SMILES string of the molecule is CS(=O)(=O)c1ccccc1C(=O)Nc1ncnc2sccc12. The van der Waals surface area contributed by atoms with Gasteiger partial charge in [-0.1, -0.05) is 12.1 Å². The van der Waals surface area contributed by atoms with E-state index >= 15 is 0 Å². The van der Waals surface area contributed by atoms with Gasteiger partial charge in [-0.2, -0.15) is 0 Å². The van der Waals surface area contributed by atoms with Gasteiger partial charge >= 0.3 is 0 Å². The van der Waals surface area contributed by atoms with E-state index in [2.05, 4.69) is 15.3 Å². The van der Waals surface area contributed by atoms with E-state index in [1.165, 1.54) is 29.8 Å². The smallest absolute Gasteiger partial charge is 0.258 e. The molecule has 0 radical (unpaired) electrons. The summed E-state index contributed by atoms with van der Waals surface area (Å²) in [5, 5.41) is 5.22. The minimum Gasteiger partial charge on any atom is -0.306 e. The monoisotopic (exact) mass is 333 g/mol. The zero-order valence-electron chi connectivity index (χ0n) is 11.5. The standard InChI is InChI=1S/C14H11N3O3S2/c1-22(19,20)11-5-3-2-4-9(11)13(18)17-12-10-6-7-21-14(10)16-8-15-12/h2-8H,1H3,(H,15,16,17,18). The van der Waals surface area contributed by atoms with E-state index in [1.807, 2.05) is 5.38 Å². The molecule has 3 rings (SSSR count). The highest BCUT2D eigenvalue weighted by Crippen LogP contribution is 2.24. The van der Waals surface area contributed by atoms with Gasteiger partial charge in [0.25, 0.3) is 5.91 Å². The quantitative estimate of drug-likeness (QED) is 0.795. The number of hydrogen-bond acceptors (Lipinski definition) is 6. The third-order valence-electron chi connectivity index (χ3n) is 3.02. The van der Waals surface area contributed by atoms with Gasteiger partial charge in [-0.15, -0.1) is 11.3 Å². The minimum absolute atomic E-state index is 0.0110. The number of rotatable bonds is 3. The second-order valence-corrected chi connectivity index (χ2v) is 7.46. The Morgan fingerprint density at radius 1 is 1.18 bits per heavy atom. The number of anilines is 1. The van der Waals surface area contributed by atoms with Crippen LogP contribution in [-0.4, -0.2) is 30.5 Å². The zero-order chi connectivity index (χ0) is 15.7. The topological polar surface area (TPSA) is 89.0 Å². The lowest BCUT2D eigenvalue weighted by molar-refractivity contribution is 0.102. The number of sulfone groups is 1. The molecular formula is C14H11N3O3S2. The van der Waals surface area contributed by atoms with Crippen molar-refractivity contribution in [3.63, 3.8) is 0 Å². The van der Waals surface area contributed by atoms with Crippen LogP contribution in [-0.2, 0) is 9.84 Å². The van der Waals surface area contributed by atoms with Crippen LogP contribution in [0.25, 0.3) is 10.2 Å². The third kappa shape index (κ3) is 2.70. The molecule has 6 nitrogen and oxygen atoms in total. The lowest BCUT2D eigenvalue weighted by atomic mass is 10.2. The van der Waals surface area contributed by atoms with E-state index in [4.69, 9.17) is 0 Å². The molecule has 0 aliphatic rings. The number of benzene rings is 1. The van der Waals surface area contributed by atoms with Gasteiger partial charge in [0.15, 0.2) is 9.84 Å². The predicted molar refractivity (Wildman–Crippen MR) is 84.9 cm³/mol. The second kappa shape index (κ2) is 5.47. The van der Waals surface area contributed by atoms with Crippen LogP contribution >= 0.6 is 11.3 Å². The van der Waals surface area contributed by atoms with Crippen molar-refractivity contribution < 1.29 is 13.2 Å². The molecule has 0 unspecified atom stereocenters. The van der Waals surface area contributed by atoms with Crippen molar-refractivity contribution in [2.75, 3.05) is 11.6 Å². The van der Waals surface area contributed by atoms with Crippen LogP contribution in [0.5, 0.6) is 0 Å². The van der Waals surface area contributed by atoms with Crippen LogP contribution in [0.2, 0.25) is 0 Å². The molecule has 0 aliphatic heterocycles. The highest BCUT2D eigenvalue weighted by atomic mass is 32.2. The number of fused-ring (bicyclic) bond motifs is 1. The number of hydrogen-bond donors (Lipinski definition) is 1. The van der Waals surface area contributed by atoms with Gasteiger partial charge < -0.3 is 5.32 Å². The third-order valence-corrected chi connectivity index (χ3v) is 5.00. The lowest BCUT2D eigenvalue weighted by Gasteiger charge is -2.08. The molecule has 1 aromatic carbocycles. The van der Waals surface area contributed by atoms with Crippen molar-refractivity contribution in [3.8, 4) is 0 Å². The second-order valence-electron chi connectivity index (χ2n) is 4.58. The normalized spacial score (nSPS) is 11.5. The first-order valence-electron chi connectivity index (χ1n) is 6.25. The van der Waals surface area contributed by atoms with Crippen molar-refractivity contribution in [1.29, 1.82) is 0 Å². The van der Waals surface area contributed by atoms with E-state index in [-0.39, 0.29) is 10.5 Å². The molecule has 0 fully saturated rings. The van der Waals surface area contributed by atoms with Gasteiger partial charge in [-0.05, 0) is 23.6 Å². The zero-order valence-corrected chi connectivity index (χ0v) is 13.1. The summed E-state index contributed by atoms with van der Waals surface area (Å²) < 4.78 is 23.6. The van der Waals surface area contributed by atoms with Crippen molar-refractivity contribution in [3.05, 3.63) is 47.6 Å². The van der Waals surface area contributed by atoms with Gasteiger partial charge in [0.2, 0.25) is 0 Å².